The van der Waals surface area contributed by atoms with Crippen molar-refractivity contribution >= 4 is 45.5 Å². The fraction of sp³-hybridized carbons (Fsp3) is 0.200. The molecule has 1 aromatic heterocycles. The van der Waals surface area contributed by atoms with Gasteiger partial charge in [-0.25, -0.2) is 5.43 Å². The average molecular weight is 620 g/mol. The van der Waals surface area contributed by atoms with E-state index in [1.165, 1.54) is 17.3 Å². The van der Waals surface area contributed by atoms with Crippen molar-refractivity contribution < 1.29 is 9.53 Å². The van der Waals surface area contributed by atoms with Gasteiger partial charge in [-0.15, -0.1) is 16.8 Å². The summed E-state index contributed by atoms with van der Waals surface area (Å²) in [5.74, 6) is 1.18. The third kappa shape index (κ3) is 8.30. The standard InChI is InChI=1S/C30H31BrN6O2S/c1-4-16-37-28(19-32-26-14-12-21(2)13-15-26)34-36-30(37)40-22(3)29(38)35-33-18-24-9-5-6-11-27(24)39-20-23-8-7-10-25(31)17-23/h4-15,17-18,22,32H,1,16,19-20H2,2-3H3,(H,35,38)/b33-18-/t22-/m0/s1. The number of rotatable bonds is 13. The van der Waals surface area contributed by atoms with Gasteiger partial charge in [0.25, 0.3) is 5.91 Å². The molecule has 0 radical (unpaired) electrons. The molecular formula is C30H31BrN6O2S. The van der Waals surface area contributed by atoms with Crippen molar-refractivity contribution in [2.24, 2.45) is 5.10 Å². The van der Waals surface area contributed by atoms with Crippen LogP contribution in [0.15, 0.2) is 100 Å². The number of carbonyl (C=O) groups is 1. The SMILES string of the molecule is C=CCn1c(CNc2ccc(C)cc2)nnc1S[C@@H](C)C(=O)N/N=C\c1ccccc1OCc1cccc(Br)c1. The molecule has 1 heterocycles. The Labute approximate surface area is 247 Å². The Bertz CT molecular complexity index is 1470. The van der Waals surface area contributed by atoms with Crippen molar-refractivity contribution in [3.05, 3.63) is 112 Å². The second-order valence-electron chi connectivity index (χ2n) is 8.97. The van der Waals surface area contributed by atoms with Crippen molar-refractivity contribution in [2.75, 3.05) is 5.32 Å². The maximum absolute atomic E-state index is 12.8. The largest absolute Gasteiger partial charge is 0.488 e. The normalized spacial score (nSPS) is 11.8. The van der Waals surface area contributed by atoms with E-state index in [2.05, 4.69) is 67.6 Å². The van der Waals surface area contributed by atoms with Crippen molar-refractivity contribution in [1.29, 1.82) is 0 Å². The molecule has 206 valence electrons. The Morgan fingerprint density at radius 2 is 1.95 bits per heavy atom. The summed E-state index contributed by atoms with van der Waals surface area (Å²) in [5, 5.41) is 16.4. The molecule has 0 spiro atoms. The molecule has 4 aromatic rings. The van der Waals surface area contributed by atoms with Crippen molar-refractivity contribution in [3.8, 4) is 5.75 Å². The zero-order valence-corrected chi connectivity index (χ0v) is 24.8. The van der Waals surface area contributed by atoms with Crippen LogP contribution in [0.4, 0.5) is 5.69 Å². The van der Waals surface area contributed by atoms with E-state index in [-0.39, 0.29) is 5.91 Å². The van der Waals surface area contributed by atoms with E-state index in [0.717, 1.165) is 27.1 Å². The van der Waals surface area contributed by atoms with Crippen LogP contribution in [0, 0.1) is 6.92 Å². The predicted octanol–water partition coefficient (Wildman–Crippen LogP) is 6.36. The zero-order valence-electron chi connectivity index (χ0n) is 22.4. The van der Waals surface area contributed by atoms with Gasteiger partial charge >= 0.3 is 0 Å². The topological polar surface area (TPSA) is 93.4 Å². The molecule has 0 aliphatic rings. The highest BCUT2D eigenvalue weighted by Crippen LogP contribution is 2.23. The molecule has 2 N–H and O–H groups in total. The third-order valence-corrected chi connectivity index (χ3v) is 7.41. The highest BCUT2D eigenvalue weighted by Gasteiger charge is 2.19. The van der Waals surface area contributed by atoms with Gasteiger partial charge in [-0.1, -0.05) is 75.7 Å². The van der Waals surface area contributed by atoms with Gasteiger partial charge in [0.2, 0.25) is 0 Å². The average Bonchev–Trinajstić information content (AvgIpc) is 3.33. The first-order valence-corrected chi connectivity index (χ1v) is 14.4. The lowest BCUT2D eigenvalue weighted by atomic mass is 10.2. The molecule has 8 nitrogen and oxygen atoms in total. The Morgan fingerprint density at radius 3 is 2.73 bits per heavy atom. The first-order chi connectivity index (χ1) is 19.4. The van der Waals surface area contributed by atoms with E-state index in [9.17, 15) is 4.79 Å². The van der Waals surface area contributed by atoms with E-state index in [1.807, 2.05) is 72.2 Å². The van der Waals surface area contributed by atoms with E-state index in [1.54, 1.807) is 12.3 Å². The summed E-state index contributed by atoms with van der Waals surface area (Å²) in [4.78, 5) is 12.8. The van der Waals surface area contributed by atoms with Crippen molar-refractivity contribution in [3.63, 3.8) is 0 Å². The molecular weight excluding hydrogens is 588 g/mol. The van der Waals surface area contributed by atoms with Gasteiger partial charge in [0.05, 0.1) is 18.0 Å². The van der Waals surface area contributed by atoms with E-state index in [0.29, 0.717) is 30.6 Å². The number of nitrogens with one attached hydrogen (secondary N) is 2. The Morgan fingerprint density at radius 1 is 1.15 bits per heavy atom. The second-order valence-corrected chi connectivity index (χ2v) is 11.2. The molecule has 0 unspecified atom stereocenters. The van der Waals surface area contributed by atoms with Crippen LogP contribution in [0.3, 0.4) is 0 Å². The number of nitrogens with zero attached hydrogens (tertiary/aromatic N) is 4. The Hall–Kier alpha value is -3.89. The zero-order chi connectivity index (χ0) is 28.3. The number of amides is 1. The van der Waals surface area contributed by atoms with E-state index in [4.69, 9.17) is 4.74 Å². The highest BCUT2D eigenvalue weighted by molar-refractivity contribution is 9.10. The van der Waals surface area contributed by atoms with Crippen LogP contribution in [0.2, 0.25) is 0 Å². The van der Waals surface area contributed by atoms with Gasteiger partial charge in [-0.3, -0.25) is 4.79 Å². The minimum absolute atomic E-state index is 0.249. The van der Waals surface area contributed by atoms with Crippen LogP contribution in [0.25, 0.3) is 0 Å². The van der Waals surface area contributed by atoms with Crippen LogP contribution in [-0.4, -0.2) is 32.1 Å². The number of halogens is 1. The van der Waals surface area contributed by atoms with Crippen molar-refractivity contribution in [2.45, 2.75) is 44.0 Å². The van der Waals surface area contributed by atoms with Gasteiger partial charge in [0.1, 0.15) is 12.4 Å². The Balaban J connectivity index is 1.34. The molecule has 1 atom stereocenters. The van der Waals surface area contributed by atoms with Crippen LogP contribution in [0.1, 0.15) is 29.4 Å². The number of para-hydroxylation sites is 1. The maximum atomic E-state index is 12.8. The van der Waals surface area contributed by atoms with Crippen LogP contribution >= 0.6 is 27.7 Å². The molecule has 0 bridgehead atoms. The first kappa shape index (κ1) is 29.1. The Kier molecular flexibility index (Phi) is 10.5. The van der Waals surface area contributed by atoms with Gasteiger partial charge in [0, 0.05) is 22.3 Å². The lowest BCUT2D eigenvalue weighted by molar-refractivity contribution is -0.120. The number of aromatic nitrogens is 3. The first-order valence-electron chi connectivity index (χ1n) is 12.7. The lowest BCUT2D eigenvalue weighted by Crippen LogP contribution is -2.27. The summed E-state index contributed by atoms with van der Waals surface area (Å²) in [6.45, 7) is 9.16. The summed E-state index contributed by atoms with van der Waals surface area (Å²) in [6.07, 6.45) is 3.37. The molecule has 4 rings (SSSR count). The van der Waals surface area contributed by atoms with Gasteiger partial charge in [-0.05, 0) is 55.8 Å². The molecule has 3 aromatic carbocycles. The molecule has 0 aliphatic carbocycles. The fourth-order valence-electron chi connectivity index (χ4n) is 3.68. The summed E-state index contributed by atoms with van der Waals surface area (Å²) in [6, 6.07) is 23.7. The van der Waals surface area contributed by atoms with Gasteiger partial charge in [-0.2, -0.15) is 5.10 Å². The number of carbonyl (C=O) groups excluding carboxylic acids is 1. The number of anilines is 1. The number of ether oxygens (including phenoxy) is 1. The number of benzene rings is 3. The lowest BCUT2D eigenvalue weighted by Gasteiger charge is -2.12. The summed E-state index contributed by atoms with van der Waals surface area (Å²) in [5.41, 5.74) is 6.62. The van der Waals surface area contributed by atoms with Crippen LogP contribution in [-0.2, 0) is 24.5 Å². The predicted molar refractivity (Wildman–Crippen MR) is 165 cm³/mol. The van der Waals surface area contributed by atoms with Crippen LogP contribution < -0.4 is 15.5 Å². The fourth-order valence-corrected chi connectivity index (χ4v) is 4.99. The van der Waals surface area contributed by atoms with Crippen molar-refractivity contribution in [1.82, 2.24) is 20.2 Å². The van der Waals surface area contributed by atoms with Gasteiger partial charge in [0.15, 0.2) is 11.0 Å². The minimum atomic E-state index is -0.453. The van der Waals surface area contributed by atoms with E-state index < -0.39 is 5.25 Å². The third-order valence-electron chi connectivity index (χ3n) is 5.84. The molecule has 1 amide bonds. The number of hydrogen-bond acceptors (Lipinski definition) is 7. The smallest absolute Gasteiger partial charge is 0.253 e. The molecule has 10 heteroatoms. The molecule has 0 aliphatic heterocycles. The number of allylic oxidation sites excluding steroid dienone is 1. The summed E-state index contributed by atoms with van der Waals surface area (Å²) >= 11 is 4.80. The highest BCUT2D eigenvalue weighted by atomic mass is 79.9. The number of hydrogen-bond donors (Lipinski definition) is 2. The maximum Gasteiger partial charge on any atom is 0.253 e. The molecule has 0 saturated heterocycles. The summed E-state index contributed by atoms with van der Waals surface area (Å²) in [7, 11) is 0. The monoisotopic (exact) mass is 618 g/mol. The van der Waals surface area contributed by atoms with Crippen LogP contribution in [0.5, 0.6) is 5.75 Å². The number of aryl methyl sites for hydroxylation is 1. The minimum Gasteiger partial charge on any atom is -0.488 e. The summed E-state index contributed by atoms with van der Waals surface area (Å²) < 4.78 is 8.94. The molecule has 0 fully saturated rings. The molecule has 40 heavy (non-hydrogen) atoms. The van der Waals surface area contributed by atoms with E-state index >= 15 is 0 Å². The van der Waals surface area contributed by atoms with Gasteiger partial charge < -0.3 is 14.6 Å². The number of hydrazone groups is 1. The molecule has 0 saturated carbocycles. The number of thioether (sulfide) groups is 1. The quantitative estimate of drug-likeness (QED) is 0.0784. The second kappa shape index (κ2) is 14.5.